The van der Waals surface area contributed by atoms with Crippen molar-refractivity contribution in [3.63, 3.8) is 0 Å². The molecule has 2 rings (SSSR count). The molecule has 0 aliphatic heterocycles. The number of Topliss-reactive ketones (excluding diaryl/α,β-unsaturated/α-hetero) is 2. The molecule has 2 aliphatic carbocycles. The fraction of sp³-hybridized carbons (Fsp3) is 0.750. The van der Waals surface area contributed by atoms with E-state index in [-0.39, 0.29) is 17.8 Å². The molecule has 0 saturated heterocycles. The first-order chi connectivity index (χ1) is 7.48. The first-order valence-electron chi connectivity index (χ1n) is 5.71. The Hall–Kier alpha value is -1.19. The molecule has 4 nitrogen and oxygen atoms in total. The van der Waals surface area contributed by atoms with Gasteiger partial charge in [0.2, 0.25) is 5.78 Å². The lowest BCUT2D eigenvalue weighted by Gasteiger charge is -2.22. The second-order valence-corrected chi connectivity index (χ2v) is 5.07. The number of carbonyl (C=O) groups excluding carboxylic acids is 3. The lowest BCUT2D eigenvalue weighted by atomic mass is 9.79. The molecule has 2 fully saturated rings. The monoisotopic (exact) mass is 224 g/mol. The average Bonchev–Trinajstić information content (AvgIpc) is 2.86. The van der Waals surface area contributed by atoms with Gasteiger partial charge in [0, 0.05) is 6.42 Å². The minimum Gasteiger partial charge on any atom is -0.460 e. The number of ketones is 2. The van der Waals surface area contributed by atoms with Gasteiger partial charge in [0.25, 0.3) is 0 Å². The highest BCUT2D eigenvalue weighted by atomic mass is 16.5. The number of carbonyl (C=O) groups is 3. The van der Waals surface area contributed by atoms with Crippen molar-refractivity contribution in [2.75, 3.05) is 6.61 Å². The van der Waals surface area contributed by atoms with Crippen LogP contribution >= 0.6 is 0 Å². The second-order valence-electron chi connectivity index (χ2n) is 5.07. The molecule has 0 N–H and O–H groups in total. The summed E-state index contributed by atoms with van der Waals surface area (Å²) in [5, 5.41) is 0. The van der Waals surface area contributed by atoms with E-state index in [1.54, 1.807) is 6.92 Å². The van der Waals surface area contributed by atoms with E-state index in [4.69, 9.17) is 0 Å². The number of ether oxygens (including phenoxy) is 1. The Bertz CT molecular complexity index is 360. The summed E-state index contributed by atoms with van der Waals surface area (Å²) in [6, 6.07) is 0. The van der Waals surface area contributed by atoms with Crippen LogP contribution in [0.3, 0.4) is 0 Å². The van der Waals surface area contributed by atoms with Crippen LogP contribution in [-0.2, 0) is 19.1 Å². The van der Waals surface area contributed by atoms with Gasteiger partial charge in [-0.1, -0.05) is 6.92 Å². The number of esters is 1. The SMILES string of the molecule is CCOC(=O)C(=O)C1CC2CC2(C)CC1=O. The fourth-order valence-corrected chi connectivity index (χ4v) is 2.62. The van der Waals surface area contributed by atoms with E-state index in [2.05, 4.69) is 11.7 Å². The zero-order valence-corrected chi connectivity index (χ0v) is 9.62. The Labute approximate surface area is 94.3 Å². The number of hydrogen-bond donors (Lipinski definition) is 0. The zero-order chi connectivity index (χ0) is 11.9. The molecule has 0 aromatic rings. The van der Waals surface area contributed by atoms with E-state index in [9.17, 15) is 14.4 Å². The molecule has 0 heterocycles. The highest BCUT2D eigenvalue weighted by molar-refractivity contribution is 6.38. The molecule has 3 atom stereocenters. The Morgan fingerprint density at radius 3 is 2.81 bits per heavy atom. The molecule has 0 aromatic heterocycles. The van der Waals surface area contributed by atoms with Gasteiger partial charge in [-0.2, -0.15) is 0 Å². The summed E-state index contributed by atoms with van der Waals surface area (Å²) in [6.07, 6.45) is 1.98. The number of hydrogen-bond acceptors (Lipinski definition) is 4. The van der Waals surface area contributed by atoms with Crippen molar-refractivity contribution in [2.45, 2.75) is 33.1 Å². The Balaban J connectivity index is 2.02. The maximum absolute atomic E-state index is 11.8. The Morgan fingerprint density at radius 2 is 2.19 bits per heavy atom. The highest BCUT2D eigenvalue weighted by Crippen LogP contribution is 2.61. The van der Waals surface area contributed by atoms with Crippen LogP contribution in [-0.4, -0.2) is 24.1 Å². The van der Waals surface area contributed by atoms with E-state index in [0.717, 1.165) is 6.42 Å². The van der Waals surface area contributed by atoms with Crippen molar-refractivity contribution in [2.24, 2.45) is 17.3 Å². The van der Waals surface area contributed by atoms with Gasteiger partial charge in [-0.15, -0.1) is 0 Å². The normalized spacial score (nSPS) is 36.5. The van der Waals surface area contributed by atoms with Crippen LogP contribution in [0.15, 0.2) is 0 Å². The molecule has 0 bridgehead atoms. The summed E-state index contributed by atoms with van der Waals surface area (Å²) >= 11 is 0. The third kappa shape index (κ3) is 1.77. The molecule has 0 radical (unpaired) electrons. The second kappa shape index (κ2) is 3.68. The first kappa shape index (κ1) is 11.3. The average molecular weight is 224 g/mol. The summed E-state index contributed by atoms with van der Waals surface area (Å²) in [5.74, 6) is -1.89. The molecule has 16 heavy (non-hydrogen) atoms. The maximum atomic E-state index is 11.8. The van der Waals surface area contributed by atoms with Gasteiger partial charge in [0.1, 0.15) is 5.78 Å². The Morgan fingerprint density at radius 1 is 1.50 bits per heavy atom. The molecule has 0 spiro atoms. The van der Waals surface area contributed by atoms with Gasteiger partial charge in [-0.25, -0.2) is 4.79 Å². The number of fused-ring (bicyclic) bond motifs is 1. The quantitative estimate of drug-likeness (QED) is 0.409. The molecule has 3 unspecified atom stereocenters. The number of rotatable bonds is 3. The summed E-state index contributed by atoms with van der Waals surface area (Å²) in [5.41, 5.74) is 0.114. The minimum absolute atomic E-state index is 0.0886. The summed E-state index contributed by atoms with van der Waals surface area (Å²) < 4.78 is 4.64. The largest absolute Gasteiger partial charge is 0.460 e. The molecular formula is C12H16O4. The lowest BCUT2D eigenvalue weighted by Crippen LogP contribution is -2.36. The van der Waals surface area contributed by atoms with Crippen molar-refractivity contribution in [1.29, 1.82) is 0 Å². The van der Waals surface area contributed by atoms with Crippen LogP contribution in [0.5, 0.6) is 0 Å². The summed E-state index contributed by atoms with van der Waals surface area (Å²) in [4.78, 5) is 34.7. The molecule has 0 aromatic carbocycles. The van der Waals surface area contributed by atoms with Crippen LogP contribution in [0.2, 0.25) is 0 Å². The molecular weight excluding hydrogens is 208 g/mol. The zero-order valence-electron chi connectivity index (χ0n) is 9.62. The van der Waals surface area contributed by atoms with E-state index < -0.39 is 17.7 Å². The fourth-order valence-electron chi connectivity index (χ4n) is 2.62. The van der Waals surface area contributed by atoms with E-state index in [1.165, 1.54) is 0 Å². The molecule has 4 heteroatoms. The Kier molecular flexibility index (Phi) is 2.60. The molecule has 88 valence electrons. The smallest absolute Gasteiger partial charge is 0.375 e. The van der Waals surface area contributed by atoms with E-state index in [1.807, 2.05) is 0 Å². The van der Waals surface area contributed by atoms with Gasteiger partial charge >= 0.3 is 5.97 Å². The third-order valence-corrected chi connectivity index (χ3v) is 3.82. The molecule has 2 saturated carbocycles. The van der Waals surface area contributed by atoms with Crippen molar-refractivity contribution >= 4 is 17.5 Å². The van der Waals surface area contributed by atoms with Crippen molar-refractivity contribution in [3.8, 4) is 0 Å². The predicted molar refractivity (Wildman–Crippen MR) is 55.6 cm³/mol. The van der Waals surface area contributed by atoms with Gasteiger partial charge < -0.3 is 4.74 Å². The lowest BCUT2D eigenvalue weighted by molar-refractivity contribution is -0.157. The van der Waals surface area contributed by atoms with Crippen LogP contribution in [0.1, 0.15) is 33.1 Å². The van der Waals surface area contributed by atoms with Gasteiger partial charge in [-0.3, -0.25) is 9.59 Å². The highest BCUT2D eigenvalue weighted by Gasteiger charge is 2.57. The van der Waals surface area contributed by atoms with Gasteiger partial charge in [0.05, 0.1) is 12.5 Å². The van der Waals surface area contributed by atoms with Gasteiger partial charge in [-0.05, 0) is 31.1 Å². The van der Waals surface area contributed by atoms with Crippen LogP contribution < -0.4 is 0 Å². The van der Waals surface area contributed by atoms with E-state index >= 15 is 0 Å². The maximum Gasteiger partial charge on any atom is 0.375 e. The van der Waals surface area contributed by atoms with Crippen LogP contribution in [0.4, 0.5) is 0 Å². The van der Waals surface area contributed by atoms with Crippen molar-refractivity contribution in [1.82, 2.24) is 0 Å². The minimum atomic E-state index is -0.856. The predicted octanol–water partition coefficient (Wildman–Crippen LogP) is 1.12. The standard InChI is InChI=1S/C12H16O4/c1-3-16-11(15)10(14)8-4-7-5-12(7,2)6-9(8)13/h7-8H,3-6H2,1-2H3. The van der Waals surface area contributed by atoms with Crippen LogP contribution in [0, 0.1) is 17.3 Å². The third-order valence-electron chi connectivity index (χ3n) is 3.82. The summed E-state index contributed by atoms with van der Waals surface area (Å²) in [6.45, 7) is 3.89. The first-order valence-corrected chi connectivity index (χ1v) is 5.71. The van der Waals surface area contributed by atoms with E-state index in [0.29, 0.717) is 18.8 Å². The molecule has 0 amide bonds. The topological polar surface area (TPSA) is 60.4 Å². The molecule has 2 aliphatic rings. The van der Waals surface area contributed by atoms with Gasteiger partial charge in [0.15, 0.2) is 0 Å². The van der Waals surface area contributed by atoms with Crippen molar-refractivity contribution < 1.29 is 19.1 Å². The van der Waals surface area contributed by atoms with Crippen molar-refractivity contribution in [3.05, 3.63) is 0 Å². The summed E-state index contributed by atoms with van der Waals surface area (Å²) in [7, 11) is 0. The van der Waals surface area contributed by atoms with Crippen LogP contribution in [0.25, 0.3) is 0 Å².